The molecule has 1 aromatic carbocycles. The van der Waals surface area contributed by atoms with Crippen molar-refractivity contribution in [3.05, 3.63) is 34.2 Å². The zero-order valence-electron chi connectivity index (χ0n) is 14.4. The molecule has 4 nitrogen and oxygen atoms in total. The van der Waals surface area contributed by atoms with Gasteiger partial charge in [0, 0.05) is 16.1 Å². The monoisotopic (exact) mass is 379 g/mol. The van der Waals surface area contributed by atoms with E-state index in [0.29, 0.717) is 21.7 Å². The first-order valence-electron chi connectivity index (χ1n) is 8.61. The van der Waals surface area contributed by atoms with Crippen LogP contribution in [0.25, 0.3) is 10.1 Å². The van der Waals surface area contributed by atoms with E-state index in [0.717, 1.165) is 22.9 Å². The zero-order valence-corrected chi connectivity index (χ0v) is 16.0. The minimum Gasteiger partial charge on any atom is -0.451 e. The fraction of sp³-hybridized carbons (Fsp3) is 0.474. The van der Waals surface area contributed by atoms with Crippen molar-refractivity contribution in [1.29, 1.82) is 0 Å². The third-order valence-corrected chi connectivity index (χ3v) is 6.76. The number of ether oxygens (including phenoxy) is 1. The maximum atomic E-state index is 12.3. The lowest BCUT2D eigenvalue weighted by Crippen LogP contribution is -2.45. The Balaban J connectivity index is 1.58. The summed E-state index contributed by atoms with van der Waals surface area (Å²) in [7, 11) is 0. The standard InChI is InChI=1S/C19H22ClNO3S/c1-11-6-5-8-14(12(11)2)21-16(22)10-24-19(23)18-17(20)13-7-3-4-9-15(13)25-18/h3-4,7,9,11-12,14H,5-6,8,10H2,1-2H3,(H,21,22)/t11-,12-,14+/m1/s1. The summed E-state index contributed by atoms with van der Waals surface area (Å²) < 4.78 is 6.10. The number of halogens is 1. The van der Waals surface area contributed by atoms with Crippen LogP contribution >= 0.6 is 22.9 Å². The Bertz CT molecular complexity index is 788. The minimum absolute atomic E-state index is 0.155. The van der Waals surface area contributed by atoms with E-state index in [2.05, 4.69) is 19.2 Å². The Kier molecular flexibility index (Phi) is 5.64. The Hall–Kier alpha value is -1.59. The summed E-state index contributed by atoms with van der Waals surface area (Å²) in [6, 6.07) is 7.69. The fourth-order valence-electron chi connectivity index (χ4n) is 3.38. The minimum atomic E-state index is -0.550. The van der Waals surface area contributed by atoms with Gasteiger partial charge in [0.25, 0.3) is 5.91 Å². The predicted octanol–water partition coefficient (Wildman–Crippen LogP) is 4.65. The largest absolute Gasteiger partial charge is 0.451 e. The Labute approximate surface area is 156 Å². The molecular formula is C19H22ClNO3S. The maximum absolute atomic E-state index is 12.3. The predicted molar refractivity (Wildman–Crippen MR) is 101 cm³/mol. The van der Waals surface area contributed by atoms with E-state index >= 15 is 0 Å². The second kappa shape index (κ2) is 7.75. The molecule has 1 aromatic heterocycles. The molecule has 2 aromatic rings. The fourth-order valence-corrected chi connectivity index (χ4v) is 4.78. The molecule has 0 bridgehead atoms. The third-order valence-electron chi connectivity index (χ3n) is 5.11. The summed E-state index contributed by atoms with van der Waals surface area (Å²) in [6.45, 7) is 4.10. The number of amides is 1. The molecule has 1 fully saturated rings. The van der Waals surface area contributed by atoms with Crippen LogP contribution in [0.5, 0.6) is 0 Å². The highest BCUT2D eigenvalue weighted by Crippen LogP contribution is 2.35. The van der Waals surface area contributed by atoms with Crippen molar-refractivity contribution in [2.75, 3.05) is 6.61 Å². The van der Waals surface area contributed by atoms with Crippen molar-refractivity contribution in [1.82, 2.24) is 5.32 Å². The van der Waals surface area contributed by atoms with Crippen molar-refractivity contribution in [2.45, 2.75) is 39.2 Å². The second-order valence-corrected chi connectivity index (χ2v) is 8.19. The normalized spacial score (nSPS) is 23.4. The summed E-state index contributed by atoms with van der Waals surface area (Å²) in [5.74, 6) is 0.229. The van der Waals surface area contributed by atoms with Crippen molar-refractivity contribution >= 4 is 44.9 Å². The average molecular weight is 380 g/mol. The number of nitrogens with one attached hydrogen (secondary N) is 1. The van der Waals surface area contributed by atoms with Crippen molar-refractivity contribution in [3.8, 4) is 0 Å². The third kappa shape index (κ3) is 3.98. The van der Waals surface area contributed by atoms with Crippen LogP contribution in [-0.4, -0.2) is 24.5 Å². The molecule has 3 rings (SSSR count). The Morgan fingerprint density at radius 2 is 2.04 bits per heavy atom. The quantitative estimate of drug-likeness (QED) is 0.786. The molecule has 134 valence electrons. The molecule has 0 unspecified atom stereocenters. The number of carbonyl (C=O) groups is 2. The van der Waals surface area contributed by atoms with E-state index < -0.39 is 5.97 Å². The first-order valence-corrected chi connectivity index (χ1v) is 9.80. The number of hydrogen-bond acceptors (Lipinski definition) is 4. The van der Waals surface area contributed by atoms with Crippen molar-refractivity contribution in [2.24, 2.45) is 11.8 Å². The first kappa shape index (κ1) is 18.2. The first-order chi connectivity index (χ1) is 12.0. The summed E-state index contributed by atoms with van der Waals surface area (Å²) in [5, 5.41) is 4.22. The number of benzene rings is 1. The van der Waals surface area contributed by atoms with E-state index in [9.17, 15) is 9.59 Å². The maximum Gasteiger partial charge on any atom is 0.350 e. The lowest BCUT2D eigenvalue weighted by atomic mass is 9.78. The molecule has 1 aliphatic rings. The van der Waals surface area contributed by atoms with Gasteiger partial charge in [-0.2, -0.15) is 0 Å². The molecule has 3 atom stereocenters. The zero-order chi connectivity index (χ0) is 18.0. The van der Waals surface area contributed by atoms with E-state index in [1.807, 2.05) is 24.3 Å². The topological polar surface area (TPSA) is 55.4 Å². The van der Waals surface area contributed by atoms with Crippen LogP contribution in [0.1, 0.15) is 42.8 Å². The van der Waals surface area contributed by atoms with Gasteiger partial charge in [-0.3, -0.25) is 4.79 Å². The highest BCUT2D eigenvalue weighted by Gasteiger charge is 2.28. The molecule has 1 saturated carbocycles. The second-order valence-electron chi connectivity index (χ2n) is 6.76. The smallest absolute Gasteiger partial charge is 0.350 e. The molecule has 1 amide bonds. The van der Waals surface area contributed by atoms with Crippen LogP contribution < -0.4 is 5.32 Å². The van der Waals surface area contributed by atoms with Gasteiger partial charge in [0.1, 0.15) is 4.88 Å². The van der Waals surface area contributed by atoms with Crippen LogP contribution in [0, 0.1) is 11.8 Å². The highest BCUT2D eigenvalue weighted by atomic mass is 35.5. The van der Waals surface area contributed by atoms with E-state index in [4.69, 9.17) is 16.3 Å². The molecule has 25 heavy (non-hydrogen) atoms. The number of rotatable bonds is 4. The van der Waals surface area contributed by atoms with Crippen LogP contribution in [0.3, 0.4) is 0 Å². The van der Waals surface area contributed by atoms with E-state index in [1.54, 1.807) is 0 Å². The van der Waals surface area contributed by atoms with Gasteiger partial charge in [0.2, 0.25) is 0 Å². The molecule has 6 heteroatoms. The lowest BCUT2D eigenvalue weighted by molar-refractivity contribution is -0.125. The molecule has 0 saturated heterocycles. The van der Waals surface area contributed by atoms with E-state index in [1.165, 1.54) is 17.8 Å². The molecule has 1 N–H and O–H groups in total. The van der Waals surface area contributed by atoms with Crippen LogP contribution in [0.2, 0.25) is 5.02 Å². The lowest BCUT2D eigenvalue weighted by Gasteiger charge is -2.34. The van der Waals surface area contributed by atoms with Crippen LogP contribution in [-0.2, 0) is 9.53 Å². The van der Waals surface area contributed by atoms with Gasteiger partial charge >= 0.3 is 5.97 Å². The van der Waals surface area contributed by atoms with Gasteiger partial charge in [-0.15, -0.1) is 11.3 Å². The van der Waals surface area contributed by atoms with Crippen molar-refractivity contribution < 1.29 is 14.3 Å². The summed E-state index contributed by atoms with van der Waals surface area (Å²) in [4.78, 5) is 24.8. The molecular weight excluding hydrogens is 358 g/mol. The summed E-state index contributed by atoms with van der Waals surface area (Å²) >= 11 is 7.55. The number of carbonyl (C=O) groups excluding carboxylic acids is 2. The number of hydrogen-bond donors (Lipinski definition) is 1. The molecule has 0 spiro atoms. The van der Waals surface area contributed by atoms with Gasteiger partial charge in [0.15, 0.2) is 6.61 Å². The van der Waals surface area contributed by atoms with Gasteiger partial charge in [0.05, 0.1) is 5.02 Å². The van der Waals surface area contributed by atoms with Crippen molar-refractivity contribution in [3.63, 3.8) is 0 Å². The summed E-state index contributed by atoms with van der Waals surface area (Å²) in [5.41, 5.74) is 0. The molecule has 1 heterocycles. The molecule has 0 radical (unpaired) electrons. The van der Waals surface area contributed by atoms with Crippen LogP contribution in [0.4, 0.5) is 0 Å². The van der Waals surface area contributed by atoms with Gasteiger partial charge in [-0.25, -0.2) is 4.79 Å². The Morgan fingerprint density at radius 1 is 1.28 bits per heavy atom. The highest BCUT2D eigenvalue weighted by molar-refractivity contribution is 7.21. The van der Waals surface area contributed by atoms with Gasteiger partial charge in [-0.1, -0.05) is 56.5 Å². The SMILES string of the molecule is C[C@@H]1[C@H](C)CCC[C@@H]1NC(=O)COC(=O)c1sc2ccccc2c1Cl. The molecule has 1 aliphatic carbocycles. The Morgan fingerprint density at radius 3 is 2.80 bits per heavy atom. The van der Waals surface area contributed by atoms with E-state index in [-0.39, 0.29) is 18.6 Å². The van der Waals surface area contributed by atoms with Gasteiger partial charge in [-0.05, 0) is 24.3 Å². The number of fused-ring (bicyclic) bond motifs is 1. The average Bonchev–Trinajstić information content (AvgIpc) is 2.94. The molecule has 0 aliphatic heterocycles. The van der Waals surface area contributed by atoms with Crippen LogP contribution in [0.15, 0.2) is 24.3 Å². The number of esters is 1. The number of thiophene rings is 1. The van der Waals surface area contributed by atoms with Gasteiger partial charge < -0.3 is 10.1 Å². The summed E-state index contributed by atoms with van der Waals surface area (Å²) in [6.07, 6.45) is 3.30.